The number of nitrogens with zero attached hydrogens (tertiary/aromatic N) is 2. The zero-order valence-corrected chi connectivity index (χ0v) is 11.2. The molecule has 0 bridgehead atoms. The van der Waals surface area contributed by atoms with Gasteiger partial charge in [-0.05, 0) is 43.5 Å². The van der Waals surface area contributed by atoms with E-state index in [1.807, 2.05) is 24.3 Å². The van der Waals surface area contributed by atoms with E-state index in [1.165, 1.54) is 12.8 Å². The first-order valence-electron chi connectivity index (χ1n) is 6.94. The van der Waals surface area contributed by atoms with Crippen LogP contribution in [0.15, 0.2) is 28.8 Å². The molecule has 2 N–H and O–H groups in total. The van der Waals surface area contributed by atoms with Gasteiger partial charge in [-0.15, -0.1) is 0 Å². The highest BCUT2D eigenvalue weighted by molar-refractivity contribution is 5.58. The Hall–Kier alpha value is -1.84. The second-order valence-electron chi connectivity index (χ2n) is 5.39. The van der Waals surface area contributed by atoms with Gasteiger partial charge in [0.1, 0.15) is 0 Å². The van der Waals surface area contributed by atoms with Crippen molar-refractivity contribution in [3.05, 3.63) is 30.2 Å². The van der Waals surface area contributed by atoms with Crippen LogP contribution in [0, 0.1) is 0 Å². The van der Waals surface area contributed by atoms with Crippen molar-refractivity contribution in [2.75, 3.05) is 5.73 Å². The molecule has 0 aliphatic heterocycles. The summed E-state index contributed by atoms with van der Waals surface area (Å²) < 4.78 is 5.54. The van der Waals surface area contributed by atoms with E-state index < -0.39 is 0 Å². The molecule has 1 aromatic heterocycles. The number of hydrogen-bond acceptors (Lipinski definition) is 4. The summed E-state index contributed by atoms with van der Waals surface area (Å²) in [6, 6.07) is 7.57. The lowest BCUT2D eigenvalue weighted by molar-refractivity contribution is 0.273. The number of anilines is 1. The Bertz CT molecular complexity index is 553. The molecule has 0 unspecified atom stereocenters. The summed E-state index contributed by atoms with van der Waals surface area (Å²) in [6.45, 7) is 2.21. The van der Waals surface area contributed by atoms with Crippen molar-refractivity contribution in [3.8, 4) is 11.4 Å². The van der Waals surface area contributed by atoms with Gasteiger partial charge in [-0.2, -0.15) is 4.98 Å². The maximum atomic E-state index is 5.69. The largest absolute Gasteiger partial charge is 0.399 e. The number of nitrogen functional groups attached to an aromatic ring is 1. The smallest absolute Gasteiger partial charge is 0.233 e. The minimum absolute atomic E-state index is 0.110. The molecule has 1 fully saturated rings. The summed E-state index contributed by atoms with van der Waals surface area (Å²) in [6.07, 6.45) is 5.90. The topological polar surface area (TPSA) is 64.9 Å². The van der Waals surface area contributed by atoms with Crippen LogP contribution in [0.3, 0.4) is 0 Å². The Morgan fingerprint density at radius 1 is 1.21 bits per heavy atom. The third-order valence-corrected chi connectivity index (χ3v) is 4.29. The molecule has 19 heavy (non-hydrogen) atoms. The summed E-state index contributed by atoms with van der Waals surface area (Å²) in [5.74, 6) is 1.47. The molecule has 0 saturated heterocycles. The Morgan fingerprint density at radius 3 is 2.53 bits per heavy atom. The summed E-state index contributed by atoms with van der Waals surface area (Å²) in [5, 5.41) is 4.13. The predicted octanol–water partition coefficient (Wildman–Crippen LogP) is 3.54. The zero-order chi connectivity index (χ0) is 13.3. The van der Waals surface area contributed by atoms with E-state index in [-0.39, 0.29) is 5.41 Å². The molecular weight excluding hydrogens is 238 g/mol. The molecule has 1 saturated carbocycles. The number of aromatic nitrogens is 2. The van der Waals surface area contributed by atoms with Gasteiger partial charge in [-0.1, -0.05) is 24.9 Å². The monoisotopic (exact) mass is 257 g/mol. The predicted molar refractivity (Wildman–Crippen MR) is 74.6 cm³/mol. The van der Waals surface area contributed by atoms with Gasteiger partial charge in [-0.25, -0.2) is 0 Å². The van der Waals surface area contributed by atoms with Crippen molar-refractivity contribution in [3.63, 3.8) is 0 Å². The van der Waals surface area contributed by atoms with E-state index in [4.69, 9.17) is 10.3 Å². The third kappa shape index (κ3) is 2.11. The molecule has 1 aliphatic carbocycles. The molecule has 0 spiro atoms. The Labute approximate surface area is 113 Å². The van der Waals surface area contributed by atoms with E-state index >= 15 is 0 Å². The molecule has 1 aromatic carbocycles. The van der Waals surface area contributed by atoms with Crippen LogP contribution >= 0.6 is 0 Å². The maximum Gasteiger partial charge on any atom is 0.233 e. The summed E-state index contributed by atoms with van der Waals surface area (Å²) in [7, 11) is 0. The fraction of sp³-hybridized carbons (Fsp3) is 0.467. The fourth-order valence-electron chi connectivity index (χ4n) is 2.96. The van der Waals surface area contributed by atoms with E-state index in [1.54, 1.807) is 0 Å². The zero-order valence-electron chi connectivity index (χ0n) is 11.2. The van der Waals surface area contributed by atoms with Crippen molar-refractivity contribution in [1.82, 2.24) is 10.1 Å². The average molecular weight is 257 g/mol. The fourth-order valence-corrected chi connectivity index (χ4v) is 2.96. The van der Waals surface area contributed by atoms with Crippen LogP contribution < -0.4 is 5.73 Å². The van der Waals surface area contributed by atoms with E-state index in [9.17, 15) is 0 Å². The van der Waals surface area contributed by atoms with E-state index in [0.29, 0.717) is 5.82 Å². The van der Waals surface area contributed by atoms with Crippen LogP contribution in [0.4, 0.5) is 5.69 Å². The molecular formula is C15H19N3O. The Morgan fingerprint density at radius 2 is 1.89 bits per heavy atom. The van der Waals surface area contributed by atoms with Gasteiger partial charge in [-0.3, -0.25) is 0 Å². The Balaban J connectivity index is 1.92. The van der Waals surface area contributed by atoms with E-state index in [2.05, 4.69) is 17.1 Å². The second kappa shape index (κ2) is 4.68. The molecule has 0 radical (unpaired) electrons. The molecule has 100 valence electrons. The lowest BCUT2D eigenvalue weighted by Crippen LogP contribution is -2.21. The molecule has 2 aromatic rings. The van der Waals surface area contributed by atoms with Crippen molar-refractivity contribution in [1.29, 1.82) is 0 Å². The van der Waals surface area contributed by atoms with Crippen LogP contribution in [-0.4, -0.2) is 10.1 Å². The molecule has 1 aliphatic rings. The normalized spacial score (nSPS) is 17.7. The lowest BCUT2D eigenvalue weighted by atomic mass is 9.83. The second-order valence-corrected chi connectivity index (χ2v) is 5.39. The quantitative estimate of drug-likeness (QED) is 0.854. The van der Waals surface area contributed by atoms with Crippen LogP contribution in [0.25, 0.3) is 11.4 Å². The van der Waals surface area contributed by atoms with E-state index in [0.717, 1.165) is 36.4 Å². The number of benzene rings is 1. The minimum Gasteiger partial charge on any atom is -0.399 e. The third-order valence-electron chi connectivity index (χ3n) is 4.29. The molecule has 3 rings (SSSR count). The summed E-state index contributed by atoms with van der Waals surface area (Å²) in [5.41, 5.74) is 7.49. The van der Waals surface area contributed by atoms with Gasteiger partial charge in [0.15, 0.2) is 0 Å². The van der Waals surface area contributed by atoms with Crippen LogP contribution in [0.2, 0.25) is 0 Å². The number of rotatable bonds is 3. The first-order chi connectivity index (χ1) is 9.23. The first kappa shape index (κ1) is 12.2. The average Bonchev–Trinajstić information content (AvgIpc) is 3.09. The molecule has 1 heterocycles. The highest BCUT2D eigenvalue weighted by Crippen LogP contribution is 2.43. The van der Waals surface area contributed by atoms with Gasteiger partial charge in [0, 0.05) is 16.7 Å². The van der Waals surface area contributed by atoms with Gasteiger partial charge >= 0.3 is 0 Å². The SMILES string of the molecule is CCC1(c2nc(-c3ccc(N)cc3)no2)CCCC1. The van der Waals surface area contributed by atoms with Crippen molar-refractivity contribution < 1.29 is 4.52 Å². The van der Waals surface area contributed by atoms with Crippen LogP contribution in [0.5, 0.6) is 0 Å². The Kier molecular flexibility index (Phi) is 3.01. The van der Waals surface area contributed by atoms with Crippen molar-refractivity contribution >= 4 is 5.69 Å². The molecule has 0 atom stereocenters. The highest BCUT2D eigenvalue weighted by atomic mass is 16.5. The standard InChI is InChI=1S/C15H19N3O/c1-2-15(9-3-4-10-15)14-17-13(18-19-14)11-5-7-12(16)8-6-11/h5-8H,2-4,9-10,16H2,1H3. The number of hydrogen-bond donors (Lipinski definition) is 1. The van der Waals surface area contributed by atoms with Gasteiger partial charge in [0.25, 0.3) is 0 Å². The molecule has 4 nitrogen and oxygen atoms in total. The molecule has 0 amide bonds. The van der Waals surface area contributed by atoms with Gasteiger partial charge < -0.3 is 10.3 Å². The molecule has 4 heteroatoms. The lowest BCUT2D eigenvalue weighted by Gasteiger charge is -2.21. The number of nitrogens with two attached hydrogens (primary N) is 1. The summed E-state index contributed by atoms with van der Waals surface area (Å²) in [4.78, 5) is 4.62. The van der Waals surface area contributed by atoms with Crippen molar-refractivity contribution in [2.24, 2.45) is 0 Å². The van der Waals surface area contributed by atoms with Crippen LogP contribution in [0.1, 0.15) is 44.9 Å². The van der Waals surface area contributed by atoms with Crippen molar-refractivity contribution in [2.45, 2.75) is 44.4 Å². The minimum atomic E-state index is 0.110. The van der Waals surface area contributed by atoms with Crippen LogP contribution in [-0.2, 0) is 5.41 Å². The van der Waals surface area contributed by atoms with Gasteiger partial charge in [0.2, 0.25) is 11.7 Å². The first-order valence-corrected chi connectivity index (χ1v) is 6.94. The summed E-state index contributed by atoms with van der Waals surface area (Å²) >= 11 is 0. The highest BCUT2D eigenvalue weighted by Gasteiger charge is 2.39. The van der Waals surface area contributed by atoms with Gasteiger partial charge in [0.05, 0.1) is 0 Å². The maximum absolute atomic E-state index is 5.69.